The van der Waals surface area contributed by atoms with Gasteiger partial charge in [0.15, 0.2) is 0 Å². The van der Waals surface area contributed by atoms with Gasteiger partial charge in [0.2, 0.25) is 29.5 Å². The SMILES string of the molecule is CC(=O)CC(C)C(=O)NCC(F)(F)F.CC(=O)CC1(c2ccccn2)CC1.CC(=O)CC1CCSC1.CC(=O)CCC(=O)NC1CCC1.CC(=O)CCc1ccccc1.CC(=O)CCc1ccccc1F.CC(=O)CCc1ncccn1.CCCCNC(=O)CCC(C)=O.CCNC(=O)C(C)CC(C)=O.CCNC(=O)CCC(C)=O. The third kappa shape index (κ3) is 70.0. The van der Waals surface area contributed by atoms with E-state index >= 15 is 0 Å². The maximum absolute atomic E-state index is 12.9. The van der Waals surface area contributed by atoms with E-state index in [1.807, 2.05) is 74.1 Å². The average molecular weight is 1640 g/mol. The number of amides is 5. The van der Waals surface area contributed by atoms with Crippen LogP contribution in [0.5, 0.6) is 0 Å². The van der Waals surface area contributed by atoms with Crippen molar-refractivity contribution in [2.45, 2.75) is 276 Å². The Morgan fingerprint density at radius 3 is 1.37 bits per heavy atom. The Morgan fingerprint density at radius 1 is 0.487 bits per heavy atom. The molecule has 115 heavy (non-hydrogen) atoms. The van der Waals surface area contributed by atoms with Crippen molar-refractivity contribution < 1.29 is 89.5 Å². The largest absolute Gasteiger partial charge is 0.405 e. The van der Waals surface area contributed by atoms with E-state index in [-0.39, 0.29) is 99.2 Å². The molecule has 5 amide bonds. The molecule has 3 heterocycles. The molecule has 0 radical (unpaired) electrons. The second-order valence-corrected chi connectivity index (χ2v) is 29.8. The number of alkyl halides is 3. The number of hydrogen-bond acceptors (Lipinski definition) is 19. The number of nitrogens with zero attached hydrogens (tertiary/aromatic N) is 3. The molecular formula is C87H130F4N8O15S. The number of unbranched alkanes of at least 4 members (excludes halogenated alkanes) is 1. The van der Waals surface area contributed by atoms with Gasteiger partial charge in [0, 0.05) is 157 Å². The number of Topliss-reactive ketones (excluding diaryl/α,β-unsaturated/α-hetero) is 10. The lowest BCUT2D eigenvalue weighted by atomic mass is 9.93. The summed E-state index contributed by atoms with van der Waals surface area (Å²) in [5.74, 6) is 3.16. The van der Waals surface area contributed by atoms with Crippen LogP contribution in [0, 0.1) is 23.6 Å². The molecular weight excluding hydrogens is 1510 g/mol. The molecule has 3 atom stereocenters. The van der Waals surface area contributed by atoms with Gasteiger partial charge in [0.1, 0.15) is 76.0 Å². The molecule has 5 N–H and O–H groups in total. The van der Waals surface area contributed by atoms with Crippen molar-refractivity contribution in [1.82, 2.24) is 41.5 Å². The van der Waals surface area contributed by atoms with Gasteiger partial charge in [-0.25, -0.2) is 14.4 Å². The van der Waals surface area contributed by atoms with E-state index in [9.17, 15) is 89.5 Å². The van der Waals surface area contributed by atoms with E-state index < -0.39 is 24.5 Å². The van der Waals surface area contributed by atoms with Crippen molar-refractivity contribution in [2.24, 2.45) is 17.8 Å². The summed E-state index contributed by atoms with van der Waals surface area (Å²) in [6.07, 6.45) is 17.2. The molecule has 3 aliphatic rings. The van der Waals surface area contributed by atoms with Gasteiger partial charge in [-0.1, -0.05) is 81.8 Å². The number of rotatable bonds is 36. The molecule has 7 rings (SSSR count). The highest BCUT2D eigenvalue weighted by atomic mass is 32.2. The number of pyridine rings is 1. The zero-order chi connectivity index (χ0) is 87.7. The second-order valence-electron chi connectivity index (χ2n) is 28.7. The van der Waals surface area contributed by atoms with E-state index in [0.29, 0.717) is 120 Å². The van der Waals surface area contributed by atoms with Crippen molar-refractivity contribution in [2.75, 3.05) is 37.7 Å². The van der Waals surface area contributed by atoms with Crippen molar-refractivity contribution >= 4 is 99.1 Å². The number of carbonyl (C=O) groups excluding carboxylic acids is 15. The van der Waals surface area contributed by atoms with Gasteiger partial charge < -0.3 is 69.7 Å². The number of thioether (sulfide) groups is 1. The standard InChI is InChI=1S/C11H13NO.C10H11FO.C10H12O.C9H15NO2.C9H17NO2.C8H12F3NO2.C8H10N2O.C8H15NO2.C7H13NO2.C7H12OS/c1-9(13)8-11(5-6-11)10-4-2-3-7-12-10;1-8(12)6-7-9-4-2-3-5-10(9)11;1-9(11)7-8-10-5-3-2-4-6-10;1-7(11)5-6-9(12)10-8-3-2-4-8;1-3-4-7-10-9(12)6-5-8(2)11;1-5(3-6(2)13)7(14)12-4-8(9,10)11;1-7(11)3-4-8-9-5-2-6-10-8;1-4-9-8(11)6(2)5-7(3)10;1-3-8-7(10)5-4-6(2)9;1-6(8)4-7-2-3-9-5-7/h2-4,7H,5-6,8H2,1H3;2-5H,6-7H2,1H3;2-6H,7-8H2,1H3;8H,2-6H2,1H3,(H,10,12);3-7H2,1-2H3,(H,10,12);5H,3-4H2,1-2H3,(H,12,14);2,5-6H,3-4H2,1H3;6H,4-5H2,1-3H3,(H,9,11);3-5H2,1-2H3,(H,8,10);7H,2-5H2,1H3. The molecule has 1 saturated heterocycles. The summed E-state index contributed by atoms with van der Waals surface area (Å²) in [6, 6.07) is 24.7. The van der Waals surface area contributed by atoms with Crippen LogP contribution in [-0.2, 0) is 96.6 Å². The summed E-state index contributed by atoms with van der Waals surface area (Å²) in [6.45, 7) is 24.9. The van der Waals surface area contributed by atoms with Gasteiger partial charge in [-0.2, -0.15) is 24.9 Å². The first-order valence-corrected chi connectivity index (χ1v) is 40.7. The fourth-order valence-electron chi connectivity index (χ4n) is 9.96. The first kappa shape index (κ1) is 110. The Bertz CT molecular complexity index is 3470. The summed E-state index contributed by atoms with van der Waals surface area (Å²) in [5, 5.41) is 12.6. The molecule has 2 aliphatic carbocycles. The average Bonchev–Trinajstić information content (AvgIpc) is 1.62. The fraction of sp³-hybridized carbons (Fsp3) is 0.586. The van der Waals surface area contributed by atoms with E-state index in [1.54, 1.807) is 82.8 Å². The molecule has 0 bridgehead atoms. The number of nitrogens with one attached hydrogen (secondary N) is 5. The van der Waals surface area contributed by atoms with Crippen molar-refractivity contribution in [3.05, 3.63) is 126 Å². The molecule has 2 aromatic heterocycles. The van der Waals surface area contributed by atoms with Gasteiger partial charge in [-0.05, 0) is 194 Å². The molecule has 2 saturated carbocycles. The van der Waals surface area contributed by atoms with Gasteiger partial charge in [0.05, 0.1) is 0 Å². The first-order valence-electron chi connectivity index (χ1n) is 39.5. The lowest BCUT2D eigenvalue weighted by Gasteiger charge is -2.26. The Hall–Kier alpha value is -9.21. The Labute approximate surface area is 683 Å². The lowest BCUT2D eigenvalue weighted by molar-refractivity contribution is -0.141. The molecule has 4 aromatic rings. The van der Waals surface area contributed by atoms with Crippen molar-refractivity contribution in [3.63, 3.8) is 0 Å². The van der Waals surface area contributed by atoms with Gasteiger partial charge >= 0.3 is 6.18 Å². The van der Waals surface area contributed by atoms with Gasteiger partial charge in [0.25, 0.3) is 0 Å². The molecule has 642 valence electrons. The van der Waals surface area contributed by atoms with Crippen LogP contribution < -0.4 is 26.6 Å². The van der Waals surface area contributed by atoms with Crippen LogP contribution >= 0.6 is 11.8 Å². The number of halogens is 4. The highest BCUT2D eigenvalue weighted by molar-refractivity contribution is 7.99. The van der Waals surface area contributed by atoms with Crippen molar-refractivity contribution in [1.29, 1.82) is 0 Å². The van der Waals surface area contributed by atoms with E-state index in [1.165, 1.54) is 84.4 Å². The number of aromatic nitrogens is 3. The summed E-state index contributed by atoms with van der Waals surface area (Å²) in [7, 11) is 0. The van der Waals surface area contributed by atoms with E-state index in [0.717, 1.165) is 69.4 Å². The number of hydrogen-bond donors (Lipinski definition) is 5. The minimum absolute atomic E-state index is 0.0151. The van der Waals surface area contributed by atoms with Gasteiger partial charge in [-0.3, -0.25) is 33.8 Å². The number of ketones is 10. The smallest absolute Gasteiger partial charge is 0.356 e. The van der Waals surface area contributed by atoms with Crippen LogP contribution in [-0.4, -0.2) is 152 Å². The Balaban J connectivity index is -0.00000121. The molecule has 28 heteroatoms. The molecule has 1 aliphatic heterocycles. The minimum atomic E-state index is -4.41. The third-order valence-electron chi connectivity index (χ3n) is 16.6. The van der Waals surface area contributed by atoms with Crippen LogP contribution in [0.2, 0.25) is 0 Å². The number of carbonyl (C=O) groups is 15. The summed E-state index contributed by atoms with van der Waals surface area (Å²) >= 11 is 1.97. The zero-order valence-corrected chi connectivity index (χ0v) is 71.5. The fourth-order valence-corrected chi connectivity index (χ4v) is 11.2. The van der Waals surface area contributed by atoms with Crippen LogP contribution in [0.1, 0.15) is 261 Å². The summed E-state index contributed by atoms with van der Waals surface area (Å²) in [5.41, 5.74) is 3.05. The molecule has 3 unspecified atom stereocenters. The predicted octanol–water partition coefficient (Wildman–Crippen LogP) is 14.2. The third-order valence-corrected chi connectivity index (χ3v) is 17.8. The lowest BCUT2D eigenvalue weighted by Crippen LogP contribution is -2.39. The monoisotopic (exact) mass is 1630 g/mol. The van der Waals surface area contributed by atoms with Gasteiger partial charge in [-0.15, -0.1) is 0 Å². The van der Waals surface area contributed by atoms with Crippen LogP contribution in [0.15, 0.2) is 97.5 Å². The number of aryl methyl sites for hydroxylation is 3. The highest BCUT2D eigenvalue weighted by Crippen LogP contribution is 2.50. The molecule has 3 fully saturated rings. The van der Waals surface area contributed by atoms with Crippen LogP contribution in [0.25, 0.3) is 0 Å². The number of benzene rings is 2. The molecule has 2 aromatic carbocycles. The molecule has 23 nitrogen and oxygen atoms in total. The second kappa shape index (κ2) is 67.0. The van der Waals surface area contributed by atoms with Crippen LogP contribution in [0.4, 0.5) is 17.6 Å². The topological polar surface area (TPSA) is 355 Å². The summed E-state index contributed by atoms with van der Waals surface area (Å²) in [4.78, 5) is 173. The van der Waals surface area contributed by atoms with Crippen molar-refractivity contribution in [3.8, 4) is 0 Å². The summed E-state index contributed by atoms with van der Waals surface area (Å²) < 4.78 is 47.9. The predicted molar refractivity (Wildman–Crippen MR) is 442 cm³/mol. The zero-order valence-electron chi connectivity index (χ0n) is 70.6. The Morgan fingerprint density at radius 2 is 0.957 bits per heavy atom. The normalized spacial score (nSPS) is 13.3. The van der Waals surface area contributed by atoms with E-state index in [2.05, 4.69) is 43.1 Å². The van der Waals surface area contributed by atoms with Crippen LogP contribution in [0.3, 0.4) is 0 Å². The Kier molecular flexibility index (Phi) is 64.1. The molecule has 0 spiro atoms. The van der Waals surface area contributed by atoms with E-state index in [4.69, 9.17) is 0 Å². The highest BCUT2D eigenvalue weighted by Gasteiger charge is 2.46. The first-order chi connectivity index (χ1) is 54.1. The quantitative estimate of drug-likeness (QED) is 0.0209. The maximum Gasteiger partial charge on any atom is 0.405 e. The maximum atomic E-state index is 12.9. The minimum Gasteiger partial charge on any atom is -0.356 e.